The molecule has 0 aliphatic rings. The van der Waals surface area contributed by atoms with Gasteiger partial charge in [0.05, 0.1) is 11.9 Å². The zero-order chi connectivity index (χ0) is 16.2. The van der Waals surface area contributed by atoms with Crippen molar-refractivity contribution < 1.29 is 0 Å². The third-order valence-electron chi connectivity index (χ3n) is 3.03. The summed E-state index contributed by atoms with van der Waals surface area (Å²) in [4.78, 5) is 4.40. The minimum atomic E-state index is 0.404. The smallest absolute Gasteiger partial charge is 0.249 e. The van der Waals surface area contributed by atoms with E-state index in [1.165, 1.54) is 0 Å². The molecule has 0 amide bonds. The van der Waals surface area contributed by atoms with Gasteiger partial charge in [-0.25, -0.2) is 0 Å². The summed E-state index contributed by atoms with van der Waals surface area (Å²) in [5, 5.41) is 14.9. The number of hydrogen-bond donors (Lipinski definition) is 2. The number of halogens is 2. The summed E-state index contributed by atoms with van der Waals surface area (Å²) in [6, 6.07) is 13.4. The van der Waals surface area contributed by atoms with Gasteiger partial charge >= 0.3 is 0 Å². The number of rotatable bonds is 4. The van der Waals surface area contributed by atoms with E-state index < -0.39 is 0 Å². The maximum atomic E-state index is 5.97. The van der Waals surface area contributed by atoms with Crippen LogP contribution in [0, 0.1) is 6.92 Å². The van der Waals surface area contributed by atoms with Gasteiger partial charge in [-0.3, -0.25) is 0 Å². The molecular weight excluding hydrogens is 378 g/mol. The minimum absolute atomic E-state index is 0.404. The molecule has 0 aliphatic heterocycles. The second kappa shape index (κ2) is 6.93. The summed E-state index contributed by atoms with van der Waals surface area (Å²) in [6.07, 6.45) is 1.55. The highest BCUT2D eigenvalue weighted by Gasteiger charge is 2.05. The standard InChI is InChI=1S/C16H13BrClN5/c1-10-5-6-14(13(17)7-10)21-16-22-15(9-19-23-16)20-12-4-2-3-11(18)8-12/h2-9H,1H3,(H2,20,21,22,23). The second-order valence-electron chi connectivity index (χ2n) is 4.91. The van der Waals surface area contributed by atoms with Gasteiger partial charge in [0.2, 0.25) is 5.95 Å². The van der Waals surface area contributed by atoms with E-state index in [0.717, 1.165) is 21.4 Å². The number of anilines is 4. The normalized spacial score (nSPS) is 10.4. The lowest BCUT2D eigenvalue weighted by Gasteiger charge is -2.09. The number of hydrogen-bond acceptors (Lipinski definition) is 5. The van der Waals surface area contributed by atoms with Crippen LogP contribution < -0.4 is 10.6 Å². The first kappa shape index (κ1) is 15.7. The zero-order valence-electron chi connectivity index (χ0n) is 12.2. The predicted octanol–water partition coefficient (Wildman–Crippen LogP) is 5.08. The van der Waals surface area contributed by atoms with Crippen molar-refractivity contribution in [2.75, 3.05) is 10.6 Å². The van der Waals surface area contributed by atoms with Crippen LogP contribution in [0.15, 0.2) is 53.1 Å². The molecule has 0 unspecified atom stereocenters. The van der Waals surface area contributed by atoms with Gasteiger partial charge in [-0.05, 0) is 58.7 Å². The molecule has 5 nitrogen and oxygen atoms in total. The first-order valence-corrected chi connectivity index (χ1v) is 8.03. The molecule has 0 fully saturated rings. The lowest BCUT2D eigenvalue weighted by Crippen LogP contribution is -2.02. The molecule has 0 aliphatic carbocycles. The molecule has 0 atom stereocenters. The van der Waals surface area contributed by atoms with Crippen LogP contribution in [-0.4, -0.2) is 15.2 Å². The maximum Gasteiger partial charge on any atom is 0.249 e. The van der Waals surface area contributed by atoms with Crippen molar-refractivity contribution in [3.8, 4) is 0 Å². The monoisotopic (exact) mass is 389 g/mol. The van der Waals surface area contributed by atoms with Gasteiger partial charge in [-0.15, -0.1) is 5.10 Å². The van der Waals surface area contributed by atoms with Gasteiger partial charge in [0.25, 0.3) is 0 Å². The van der Waals surface area contributed by atoms with E-state index in [9.17, 15) is 0 Å². The summed E-state index contributed by atoms with van der Waals surface area (Å²) < 4.78 is 0.939. The Bertz CT molecular complexity index is 840. The number of aryl methyl sites for hydroxylation is 1. The van der Waals surface area contributed by atoms with Gasteiger partial charge < -0.3 is 10.6 Å². The fraction of sp³-hybridized carbons (Fsp3) is 0.0625. The Kier molecular flexibility index (Phi) is 4.73. The Morgan fingerprint density at radius 3 is 2.74 bits per heavy atom. The Balaban J connectivity index is 1.79. The lowest BCUT2D eigenvalue weighted by atomic mass is 10.2. The third kappa shape index (κ3) is 4.18. The van der Waals surface area contributed by atoms with Gasteiger partial charge in [-0.2, -0.15) is 10.1 Å². The van der Waals surface area contributed by atoms with Crippen LogP contribution in [0.4, 0.5) is 23.1 Å². The Morgan fingerprint density at radius 2 is 1.96 bits per heavy atom. The molecule has 0 radical (unpaired) electrons. The number of nitrogens with zero attached hydrogens (tertiary/aromatic N) is 3. The van der Waals surface area contributed by atoms with Crippen LogP contribution in [-0.2, 0) is 0 Å². The molecule has 116 valence electrons. The highest BCUT2D eigenvalue weighted by Crippen LogP contribution is 2.26. The lowest BCUT2D eigenvalue weighted by molar-refractivity contribution is 0.982. The van der Waals surface area contributed by atoms with E-state index in [2.05, 4.69) is 41.7 Å². The van der Waals surface area contributed by atoms with Crippen LogP contribution in [0.5, 0.6) is 0 Å². The maximum absolute atomic E-state index is 5.97. The topological polar surface area (TPSA) is 62.7 Å². The van der Waals surface area contributed by atoms with E-state index in [-0.39, 0.29) is 0 Å². The second-order valence-corrected chi connectivity index (χ2v) is 6.20. The molecule has 1 aromatic heterocycles. The molecule has 7 heteroatoms. The van der Waals surface area contributed by atoms with Crippen LogP contribution in [0.3, 0.4) is 0 Å². The van der Waals surface area contributed by atoms with Crippen LogP contribution in [0.1, 0.15) is 5.56 Å². The fourth-order valence-corrected chi connectivity index (χ4v) is 2.76. The quantitative estimate of drug-likeness (QED) is 0.650. The van der Waals surface area contributed by atoms with Crippen molar-refractivity contribution in [2.45, 2.75) is 6.92 Å². The van der Waals surface area contributed by atoms with Crippen molar-refractivity contribution in [3.63, 3.8) is 0 Å². The van der Waals surface area contributed by atoms with E-state index in [1.54, 1.807) is 6.20 Å². The molecule has 1 heterocycles. The first-order chi connectivity index (χ1) is 11.1. The van der Waals surface area contributed by atoms with Crippen LogP contribution in [0.2, 0.25) is 5.02 Å². The Labute approximate surface area is 147 Å². The third-order valence-corrected chi connectivity index (χ3v) is 3.92. The molecule has 3 aromatic rings. The molecular formula is C16H13BrClN5. The summed E-state index contributed by atoms with van der Waals surface area (Å²) in [7, 11) is 0. The largest absolute Gasteiger partial charge is 0.339 e. The predicted molar refractivity (Wildman–Crippen MR) is 96.7 cm³/mol. The van der Waals surface area contributed by atoms with E-state index in [4.69, 9.17) is 11.6 Å². The van der Waals surface area contributed by atoms with Gasteiger partial charge in [0.1, 0.15) is 0 Å². The number of nitrogens with one attached hydrogen (secondary N) is 2. The minimum Gasteiger partial charge on any atom is -0.339 e. The van der Waals surface area contributed by atoms with E-state index in [0.29, 0.717) is 16.8 Å². The highest BCUT2D eigenvalue weighted by atomic mass is 79.9. The summed E-state index contributed by atoms with van der Waals surface area (Å²) in [6.45, 7) is 2.03. The van der Waals surface area contributed by atoms with Gasteiger partial charge in [0.15, 0.2) is 5.82 Å². The molecule has 2 aromatic carbocycles. The van der Waals surface area contributed by atoms with Crippen molar-refractivity contribution in [2.24, 2.45) is 0 Å². The number of benzene rings is 2. The van der Waals surface area contributed by atoms with Gasteiger partial charge in [-0.1, -0.05) is 23.7 Å². The van der Waals surface area contributed by atoms with Gasteiger partial charge in [0, 0.05) is 15.2 Å². The Morgan fingerprint density at radius 1 is 1.09 bits per heavy atom. The highest BCUT2D eigenvalue weighted by molar-refractivity contribution is 9.10. The van der Waals surface area contributed by atoms with Crippen molar-refractivity contribution in [1.29, 1.82) is 0 Å². The zero-order valence-corrected chi connectivity index (χ0v) is 14.6. The molecule has 0 bridgehead atoms. The van der Waals surface area contributed by atoms with Crippen molar-refractivity contribution >= 4 is 50.7 Å². The van der Waals surface area contributed by atoms with Crippen molar-refractivity contribution in [3.05, 3.63) is 63.7 Å². The first-order valence-electron chi connectivity index (χ1n) is 6.86. The Hall–Kier alpha value is -2.18. The fourth-order valence-electron chi connectivity index (χ4n) is 1.97. The van der Waals surface area contributed by atoms with E-state index >= 15 is 0 Å². The average molecular weight is 391 g/mol. The summed E-state index contributed by atoms with van der Waals surface area (Å²) >= 11 is 9.49. The SMILES string of the molecule is Cc1ccc(Nc2nncc(Nc3cccc(Cl)c3)n2)c(Br)c1. The molecule has 0 saturated heterocycles. The number of aromatic nitrogens is 3. The van der Waals surface area contributed by atoms with Crippen LogP contribution in [0.25, 0.3) is 0 Å². The molecule has 3 rings (SSSR count). The average Bonchev–Trinajstić information content (AvgIpc) is 2.51. The molecule has 0 saturated carbocycles. The van der Waals surface area contributed by atoms with Crippen LogP contribution >= 0.6 is 27.5 Å². The summed E-state index contributed by atoms with van der Waals surface area (Å²) in [5.41, 5.74) is 2.87. The van der Waals surface area contributed by atoms with E-state index in [1.807, 2.05) is 49.4 Å². The molecule has 23 heavy (non-hydrogen) atoms. The van der Waals surface area contributed by atoms with Crippen molar-refractivity contribution in [1.82, 2.24) is 15.2 Å². The molecule has 2 N–H and O–H groups in total. The molecule has 0 spiro atoms. The summed E-state index contributed by atoms with van der Waals surface area (Å²) in [5.74, 6) is 0.981.